The van der Waals surface area contributed by atoms with Gasteiger partial charge in [-0.2, -0.15) is 26.3 Å². The van der Waals surface area contributed by atoms with Crippen molar-refractivity contribution in [2.75, 3.05) is 0 Å². The third-order valence-corrected chi connectivity index (χ3v) is 1.87. The van der Waals surface area contributed by atoms with Crippen LogP contribution in [0.5, 0.6) is 0 Å². The molecule has 8 heteroatoms. The fourth-order valence-electron chi connectivity index (χ4n) is 0.984. The van der Waals surface area contributed by atoms with Crippen molar-refractivity contribution in [2.24, 2.45) is 0 Å². The molecule has 1 N–H and O–H groups in total. The third-order valence-electron chi connectivity index (χ3n) is 1.53. The predicted molar refractivity (Wildman–Crippen MR) is 41.6 cm³/mol. The number of rotatable bonds is 0. The zero-order valence-electron chi connectivity index (χ0n) is 6.83. The van der Waals surface area contributed by atoms with Crippen LogP contribution in [0.2, 0.25) is 0 Å². The van der Waals surface area contributed by atoms with E-state index >= 15 is 0 Å². The van der Waals surface area contributed by atoms with Crippen molar-refractivity contribution in [1.29, 1.82) is 0 Å². The number of aromatic amines is 1. The summed E-state index contributed by atoms with van der Waals surface area (Å²) >= 11 is 4.22. The highest BCUT2D eigenvalue weighted by molar-refractivity contribution is 7.71. The molecule has 1 nitrogen and oxygen atoms in total. The lowest BCUT2D eigenvalue weighted by Gasteiger charge is -2.14. The minimum Gasteiger partial charge on any atom is -0.357 e. The predicted octanol–water partition coefficient (Wildman–Crippen LogP) is 3.78. The number of halogens is 6. The lowest BCUT2D eigenvalue weighted by molar-refractivity contribution is -0.165. The Bertz CT molecular complexity index is 415. The van der Waals surface area contributed by atoms with E-state index in [1.54, 1.807) is 0 Å². The van der Waals surface area contributed by atoms with Gasteiger partial charge in [-0.15, -0.1) is 0 Å². The van der Waals surface area contributed by atoms with E-state index in [0.29, 0.717) is 0 Å². The Hall–Kier alpha value is -1.05. The van der Waals surface area contributed by atoms with Crippen LogP contribution in [-0.2, 0) is 12.4 Å². The normalized spacial score (nSPS) is 12.9. The molecule has 0 aliphatic carbocycles. The molecule has 0 atom stereocenters. The van der Waals surface area contributed by atoms with Gasteiger partial charge < -0.3 is 4.98 Å². The zero-order valence-corrected chi connectivity index (χ0v) is 7.65. The van der Waals surface area contributed by atoms with E-state index in [0.717, 1.165) is 12.3 Å². The fraction of sp³-hybridized carbons (Fsp3) is 0.286. The van der Waals surface area contributed by atoms with Gasteiger partial charge in [-0.1, -0.05) is 12.2 Å². The molecule has 0 fully saturated rings. The molecule has 0 aliphatic rings. The van der Waals surface area contributed by atoms with Crippen LogP contribution in [0, 0.1) is 4.51 Å². The topological polar surface area (TPSA) is 15.8 Å². The highest BCUT2D eigenvalue weighted by Crippen LogP contribution is 2.39. The van der Waals surface area contributed by atoms with Gasteiger partial charge in [0, 0.05) is 6.20 Å². The van der Waals surface area contributed by atoms with Crippen LogP contribution >= 0.6 is 12.2 Å². The summed E-state index contributed by atoms with van der Waals surface area (Å²) in [5.74, 6) is 0. The first-order valence-corrected chi connectivity index (χ1v) is 3.91. The molecule has 0 amide bonds. The lowest BCUT2D eigenvalue weighted by atomic mass is 10.2. The van der Waals surface area contributed by atoms with E-state index in [1.165, 1.54) is 4.98 Å². The maximum atomic E-state index is 12.3. The van der Waals surface area contributed by atoms with Gasteiger partial charge in [0.25, 0.3) is 0 Å². The van der Waals surface area contributed by atoms with E-state index in [9.17, 15) is 26.3 Å². The molecule has 0 aliphatic heterocycles. The van der Waals surface area contributed by atoms with Crippen LogP contribution in [0.15, 0.2) is 12.3 Å². The van der Waals surface area contributed by atoms with Gasteiger partial charge >= 0.3 is 12.4 Å². The molecule has 0 aromatic carbocycles. The van der Waals surface area contributed by atoms with Gasteiger partial charge in [0.2, 0.25) is 0 Å². The molecule has 0 saturated carbocycles. The Balaban J connectivity index is 3.55. The van der Waals surface area contributed by atoms with Crippen molar-refractivity contribution < 1.29 is 26.3 Å². The number of pyridine rings is 1. The van der Waals surface area contributed by atoms with Crippen molar-refractivity contribution in [2.45, 2.75) is 12.4 Å². The van der Waals surface area contributed by atoms with Crippen LogP contribution in [0.4, 0.5) is 26.3 Å². The Morgan fingerprint density at radius 1 is 1.00 bits per heavy atom. The number of aromatic nitrogens is 1. The van der Waals surface area contributed by atoms with E-state index in [1.807, 2.05) is 0 Å². The second kappa shape index (κ2) is 3.51. The molecule has 15 heavy (non-hydrogen) atoms. The minimum absolute atomic E-state index is 0.723. The van der Waals surface area contributed by atoms with E-state index < -0.39 is 28.1 Å². The van der Waals surface area contributed by atoms with Gasteiger partial charge in [0.15, 0.2) is 0 Å². The highest BCUT2D eigenvalue weighted by Gasteiger charge is 2.44. The number of H-pyrrole nitrogens is 1. The molecule has 0 spiro atoms. The van der Waals surface area contributed by atoms with Crippen LogP contribution in [0.25, 0.3) is 0 Å². The van der Waals surface area contributed by atoms with Gasteiger partial charge in [-0.05, 0) is 6.07 Å². The summed E-state index contributed by atoms with van der Waals surface area (Å²) < 4.78 is 72.4. The Morgan fingerprint density at radius 3 is 1.87 bits per heavy atom. The first kappa shape index (κ1) is 12.0. The molecule has 1 aromatic rings. The summed E-state index contributed by atoms with van der Waals surface area (Å²) in [5, 5.41) is 0. The fourth-order valence-corrected chi connectivity index (χ4v) is 1.27. The summed E-state index contributed by atoms with van der Waals surface area (Å²) in [4.78, 5) is 1.51. The first-order chi connectivity index (χ1) is 6.64. The molecule has 0 saturated heterocycles. The summed E-state index contributed by atoms with van der Waals surface area (Å²) in [6.07, 6.45) is -9.51. The Morgan fingerprint density at radius 2 is 1.53 bits per heavy atom. The van der Waals surface area contributed by atoms with Crippen molar-refractivity contribution in [3.63, 3.8) is 0 Å². The van der Waals surface area contributed by atoms with Crippen molar-refractivity contribution in [1.82, 2.24) is 4.98 Å². The second-order valence-electron chi connectivity index (χ2n) is 2.59. The molecule has 0 radical (unpaired) electrons. The van der Waals surface area contributed by atoms with Gasteiger partial charge in [0.1, 0.15) is 11.3 Å². The van der Waals surface area contributed by atoms with Gasteiger partial charge in [-0.3, -0.25) is 0 Å². The maximum Gasteiger partial charge on any atom is 0.431 e. The lowest BCUT2D eigenvalue weighted by Crippen LogP contribution is -2.18. The molecule has 0 unspecified atom stereocenters. The Kier molecular flexibility index (Phi) is 2.81. The largest absolute Gasteiger partial charge is 0.431 e. The standard InChI is InChI=1S/C7H3F6NS/c8-6(9,10)4-3(15)1-2-14-5(4)7(11,12)13/h1-2H,(H,14,15). The molecular formula is C7H3F6NS. The van der Waals surface area contributed by atoms with Crippen LogP contribution < -0.4 is 0 Å². The minimum atomic E-state index is -5.13. The summed E-state index contributed by atoms with van der Waals surface area (Å²) in [6, 6.07) is 0.757. The summed E-state index contributed by atoms with van der Waals surface area (Å²) in [7, 11) is 0. The van der Waals surface area contributed by atoms with E-state index in [2.05, 4.69) is 12.2 Å². The molecule has 1 rings (SSSR count). The Labute approximate surface area is 84.7 Å². The zero-order chi connectivity index (χ0) is 11.9. The smallest absolute Gasteiger partial charge is 0.357 e. The third kappa shape index (κ3) is 2.49. The second-order valence-corrected chi connectivity index (χ2v) is 3.03. The van der Waals surface area contributed by atoms with Crippen molar-refractivity contribution >= 4 is 12.2 Å². The molecule has 1 aromatic heterocycles. The first-order valence-electron chi connectivity index (χ1n) is 3.50. The summed E-state index contributed by atoms with van der Waals surface area (Å²) in [5.41, 5.74) is -3.73. The van der Waals surface area contributed by atoms with Crippen LogP contribution in [0.3, 0.4) is 0 Å². The molecule has 0 bridgehead atoms. The van der Waals surface area contributed by atoms with Crippen LogP contribution in [-0.4, -0.2) is 4.98 Å². The van der Waals surface area contributed by atoms with E-state index in [4.69, 9.17) is 0 Å². The maximum absolute atomic E-state index is 12.3. The van der Waals surface area contributed by atoms with Crippen LogP contribution in [0.1, 0.15) is 11.3 Å². The monoisotopic (exact) mass is 247 g/mol. The summed E-state index contributed by atoms with van der Waals surface area (Å²) in [6.45, 7) is 0. The molecule has 84 valence electrons. The quantitative estimate of drug-likeness (QED) is 0.545. The SMILES string of the molecule is FC(F)(F)c1[nH]ccc(=S)c1C(F)(F)F. The number of alkyl halides is 6. The van der Waals surface area contributed by atoms with Crippen molar-refractivity contribution in [3.8, 4) is 0 Å². The van der Waals surface area contributed by atoms with E-state index in [-0.39, 0.29) is 0 Å². The van der Waals surface area contributed by atoms with Crippen molar-refractivity contribution in [3.05, 3.63) is 28.0 Å². The number of hydrogen-bond donors (Lipinski definition) is 1. The van der Waals surface area contributed by atoms with Gasteiger partial charge in [-0.25, -0.2) is 0 Å². The molecular weight excluding hydrogens is 244 g/mol. The molecule has 1 heterocycles. The number of hydrogen-bond acceptors (Lipinski definition) is 1. The average molecular weight is 247 g/mol. The van der Waals surface area contributed by atoms with Gasteiger partial charge in [0.05, 0.1) is 4.51 Å². The highest BCUT2D eigenvalue weighted by atomic mass is 32.1. The number of nitrogens with one attached hydrogen (secondary N) is 1. The average Bonchev–Trinajstić information content (AvgIpc) is 1.99.